The summed E-state index contributed by atoms with van der Waals surface area (Å²) in [6, 6.07) is 21.4. The van der Waals surface area contributed by atoms with Gasteiger partial charge < -0.3 is 20.5 Å². The Morgan fingerprint density at radius 2 is 1.74 bits per heavy atom. The van der Waals surface area contributed by atoms with Crippen LogP contribution in [0.3, 0.4) is 0 Å². The molecule has 0 bridgehead atoms. The highest BCUT2D eigenvalue weighted by molar-refractivity contribution is 6.06. The summed E-state index contributed by atoms with van der Waals surface area (Å²) >= 11 is 0. The fraction of sp³-hybridized carbons (Fsp3) is 0.148. The Morgan fingerprint density at radius 3 is 2.46 bits per heavy atom. The van der Waals surface area contributed by atoms with Crippen LogP contribution in [0.25, 0.3) is 11.4 Å². The van der Waals surface area contributed by atoms with E-state index in [0.29, 0.717) is 34.5 Å². The van der Waals surface area contributed by atoms with E-state index in [4.69, 9.17) is 14.8 Å². The number of aromatic nitrogens is 3. The summed E-state index contributed by atoms with van der Waals surface area (Å²) in [6.07, 6.45) is 0. The van der Waals surface area contributed by atoms with Gasteiger partial charge in [0.1, 0.15) is 17.5 Å². The molecule has 1 atom stereocenters. The number of methoxy groups -OCH3 is 1. The minimum atomic E-state index is -0.562. The van der Waals surface area contributed by atoms with Crippen molar-refractivity contribution >= 4 is 17.5 Å². The van der Waals surface area contributed by atoms with E-state index in [2.05, 4.69) is 10.6 Å². The number of carbonyl (C=O) groups excluding carboxylic acids is 1. The summed E-state index contributed by atoms with van der Waals surface area (Å²) in [7, 11) is 1.56. The van der Waals surface area contributed by atoms with Gasteiger partial charge in [-0.15, -0.1) is 5.10 Å². The lowest BCUT2D eigenvalue weighted by Crippen LogP contribution is -2.31. The first-order valence-electron chi connectivity index (χ1n) is 11.2. The highest BCUT2D eigenvalue weighted by atomic mass is 16.5. The van der Waals surface area contributed by atoms with Crippen molar-refractivity contribution < 1.29 is 14.6 Å². The Balaban J connectivity index is 1.59. The maximum absolute atomic E-state index is 13.6. The zero-order valence-electron chi connectivity index (χ0n) is 19.6. The zero-order chi connectivity index (χ0) is 24.5. The minimum Gasteiger partial charge on any atom is -0.508 e. The molecule has 1 aliphatic rings. The number of hydrogen-bond donors (Lipinski definition) is 3. The summed E-state index contributed by atoms with van der Waals surface area (Å²) < 4.78 is 7.11. The highest BCUT2D eigenvalue weighted by Gasteiger charge is 2.34. The topological polar surface area (TPSA) is 101 Å². The van der Waals surface area contributed by atoms with Gasteiger partial charge in [-0.2, -0.15) is 4.98 Å². The SMILES string of the molecule is COc1ccccc1NC(=O)C1=C(C)Nc2nc(-c3ccc(C)cc3)nn2C1c1ccc(O)cc1. The molecule has 0 saturated carbocycles. The van der Waals surface area contributed by atoms with E-state index < -0.39 is 6.04 Å². The van der Waals surface area contributed by atoms with Crippen LogP contribution in [0.15, 0.2) is 84.1 Å². The molecule has 1 unspecified atom stereocenters. The maximum atomic E-state index is 13.6. The van der Waals surface area contributed by atoms with Crippen LogP contribution >= 0.6 is 0 Å². The number of hydrogen-bond acceptors (Lipinski definition) is 6. The molecule has 0 radical (unpaired) electrons. The monoisotopic (exact) mass is 467 g/mol. The number of aryl methyl sites for hydroxylation is 1. The summed E-state index contributed by atoms with van der Waals surface area (Å²) in [5, 5.41) is 20.9. The van der Waals surface area contributed by atoms with Gasteiger partial charge in [0.05, 0.1) is 18.4 Å². The highest BCUT2D eigenvalue weighted by Crippen LogP contribution is 2.37. The second-order valence-electron chi connectivity index (χ2n) is 8.38. The molecule has 0 spiro atoms. The van der Waals surface area contributed by atoms with Crippen LogP contribution < -0.4 is 15.4 Å². The fourth-order valence-electron chi connectivity index (χ4n) is 4.17. The van der Waals surface area contributed by atoms with Gasteiger partial charge in [0.25, 0.3) is 5.91 Å². The minimum absolute atomic E-state index is 0.141. The van der Waals surface area contributed by atoms with E-state index in [9.17, 15) is 9.90 Å². The number of nitrogens with zero attached hydrogens (tertiary/aromatic N) is 3. The third-order valence-electron chi connectivity index (χ3n) is 5.97. The molecule has 3 N–H and O–H groups in total. The van der Waals surface area contributed by atoms with Gasteiger partial charge in [0.15, 0.2) is 5.82 Å². The molecular weight excluding hydrogens is 442 g/mol. The molecule has 0 saturated heterocycles. The van der Waals surface area contributed by atoms with Crippen LogP contribution in [-0.2, 0) is 4.79 Å². The Morgan fingerprint density at radius 1 is 1.03 bits per heavy atom. The van der Waals surface area contributed by atoms with Crippen LogP contribution in [0.5, 0.6) is 11.5 Å². The molecule has 0 fully saturated rings. The van der Waals surface area contributed by atoms with Gasteiger partial charge in [0, 0.05) is 11.3 Å². The number of para-hydroxylation sites is 2. The van der Waals surface area contributed by atoms with E-state index in [1.165, 1.54) is 0 Å². The molecule has 1 amide bonds. The molecule has 8 nitrogen and oxygen atoms in total. The summed E-state index contributed by atoms with van der Waals surface area (Å²) in [6.45, 7) is 3.87. The van der Waals surface area contributed by atoms with E-state index >= 15 is 0 Å². The van der Waals surface area contributed by atoms with Crippen molar-refractivity contribution in [2.24, 2.45) is 0 Å². The van der Waals surface area contributed by atoms with Gasteiger partial charge in [-0.25, -0.2) is 4.68 Å². The number of phenols is 1. The first-order chi connectivity index (χ1) is 16.9. The Kier molecular flexibility index (Phi) is 5.70. The van der Waals surface area contributed by atoms with E-state index in [1.807, 2.05) is 50.2 Å². The molecule has 0 aliphatic carbocycles. The Bertz CT molecular complexity index is 1420. The predicted molar refractivity (Wildman–Crippen MR) is 134 cm³/mol. The number of fused-ring (bicyclic) bond motifs is 1. The largest absolute Gasteiger partial charge is 0.508 e. The van der Waals surface area contributed by atoms with Crippen molar-refractivity contribution in [3.63, 3.8) is 0 Å². The average Bonchev–Trinajstić information content (AvgIpc) is 3.28. The number of rotatable bonds is 5. The molecule has 2 heterocycles. The van der Waals surface area contributed by atoms with Crippen LogP contribution in [0, 0.1) is 6.92 Å². The van der Waals surface area contributed by atoms with Gasteiger partial charge in [0.2, 0.25) is 5.95 Å². The smallest absolute Gasteiger partial charge is 0.255 e. The van der Waals surface area contributed by atoms with Crippen molar-refractivity contribution in [1.29, 1.82) is 0 Å². The lowest BCUT2D eigenvalue weighted by atomic mass is 9.95. The summed E-state index contributed by atoms with van der Waals surface area (Å²) in [5.74, 6) is 1.49. The van der Waals surface area contributed by atoms with Crippen LogP contribution in [-0.4, -0.2) is 32.9 Å². The molecule has 176 valence electrons. The number of anilines is 2. The van der Waals surface area contributed by atoms with E-state index in [1.54, 1.807) is 48.2 Å². The number of carbonyl (C=O) groups is 1. The number of benzene rings is 3. The van der Waals surface area contributed by atoms with Gasteiger partial charge in [-0.3, -0.25) is 4.79 Å². The maximum Gasteiger partial charge on any atom is 0.255 e. The lowest BCUT2D eigenvalue weighted by Gasteiger charge is -2.28. The van der Waals surface area contributed by atoms with Crippen molar-refractivity contribution in [3.05, 3.63) is 95.2 Å². The van der Waals surface area contributed by atoms with Crippen LogP contribution in [0.2, 0.25) is 0 Å². The number of nitrogens with one attached hydrogen (secondary N) is 2. The standard InChI is InChI=1S/C27H25N5O3/c1-16-8-10-19(11-9-16)25-30-27-28-17(2)23(26(34)29-21-6-4-5-7-22(21)35-3)24(32(27)31-25)18-12-14-20(33)15-13-18/h4-15,24,33H,1-3H3,(H,29,34)(H,28,30,31). The predicted octanol–water partition coefficient (Wildman–Crippen LogP) is 4.90. The van der Waals surface area contributed by atoms with E-state index in [0.717, 1.165) is 16.7 Å². The number of amides is 1. The fourth-order valence-corrected chi connectivity index (χ4v) is 4.17. The first kappa shape index (κ1) is 22.2. The van der Waals surface area contributed by atoms with Crippen molar-refractivity contribution in [1.82, 2.24) is 14.8 Å². The second-order valence-corrected chi connectivity index (χ2v) is 8.38. The molecule has 1 aliphatic heterocycles. The Hall–Kier alpha value is -4.59. The third kappa shape index (κ3) is 4.21. The number of aromatic hydroxyl groups is 1. The first-order valence-corrected chi connectivity index (χ1v) is 11.2. The normalized spacial score (nSPS) is 14.8. The van der Waals surface area contributed by atoms with Gasteiger partial charge in [-0.05, 0) is 43.7 Å². The Labute approximate surface area is 202 Å². The van der Waals surface area contributed by atoms with Crippen molar-refractivity contribution in [2.45, 2.75) is 19.9 Å². The summed E-state index contributed by atoms with van der Waals surface area (Å²) in [4.78, 5) is 18.4. The molecule has 35 heavy (non-hydrogen) atoms. The van der Waals surface area contributed by atoms with Crippen molar-refractivity contribution in [3.8, 4) is 22.9 Å². The average molecular weight is 468 g/mol. The molecule has 3 aromatic carbocycles. The third-order valence-corrected chi connectivity index (χ3v) is 5.97. The molecule has 1 aromatic heterocycles. The zero-order valence-corrected chi connectivity index (χ0v) is 19.6. The van der Waals surface area contributed by atoms with Gasteiger partial charge in [-0.1, -0.05) is 54.1 Å². The molecule has 4 aromatic rings. The van der Waals surface area contributed by atoms with Gasteiger partial charge >= 0.3 is 0 Å². The van der Waals surface area contributed by atoms with Crippen molar-refractivity contribution in [2.75, 3.05) is 17.7 Å². The summed E-state index contributed by atoms with van der Waals surface area (Å²) in [5.41, 5.74) is 4.51. The number of phenolic OH excluding ortho intramolecular Hbond substituents is 1. The lowest BCUT2D eigenvalue weighted by molar-refractivity contribution is -0.113. The van der Waals surface area contributed by atoms with Crippen LogP contribution in [0.4, 0.5) is 11.6 Å². The van der Waals surface area contributed by atoms with E-state index in [-0.39, 0.29) is 11.7 Å². The number of ether oxygens (including phenoxy) is 1. The number of allylic oxidation sites excluding steroid dienone is 1. The molecule has 8 heteroatoms. The quantitative estimate of drug-likeness (QED) is 0.386. The van der Waals surface area contributed by atoms with Crippen LogP contribution in [0.1, 0.15) is 24.1 Å². The molecular formula is C27H25N5O3. The molecule has 5 rings (SSSR count). The second kappa shape index (κ2) is 8.98.